The molecule has 0 amide bonds. The first kappa shape index (κ1) is 12.2. The molecule has 0 aliphatic heterocycles. The van der Waals surface area contributed by atoms with Gasteiger partial charge in [-0.1, -0.05) is 80.6 Å². The van der Waals surface area contributed by atoms with Crippen molar-refractivity contribution in [3.05, 3.63) is 60.7 Å². The van der Waals surface area contributed by atoms with Gasteiger partial charge in [-0.25, -0.2) is 0 Å². The number of hydrogen-bond acceptors (Lipinski definition) is 0. The Morgan fingerprint density at radius 3 is 0.947 bits per heavy atom. The van der Waals surface area contributed by atoms with Gasteiger partial charge in [0.05, 0.1) is 0 Å². The Morgan fingerprint density at radius 1 is 0.421 bits per heavy atom. The molecule has 0 unspecified atom stereocenters. The van der Waals surface area contributed by atoms with Crippen molar-refractivity contribution < 1.29 is 0 Å². The maximum Gasteiger partial charge on any atom is -0.0178 e. The van der Waals surface area contributed by atoms with Crippen molar-refractivity contribution in [2.75, 3.05) is 0 Å². The molecule has 1 aliphatic rings. The Labute approximate surface area is 115 Å². The summed E-state index contributed by atoms with van der Waals surface area (Å²) in [6, 6.07) is 21.4. The van der Waals surface area contributed by atoms with E-state index in [0.717, 1.165) is 0 Å². The fraction of sp³-hybridized carbons (Fsp3) is 0.263. The fourth-order valence-corrected chi connectivity index (χ4v) is 2.77. The van der Waals surface area contributed by atoms with Crippen molar-refractivity contribution in [2.45, 2.75) is 32.1 Å². The quantitative estimate of drug-likeness (QED) is 0.432. The second-order valence-electron chi connectivity index (χ2n) is 5.31. The molecule has 1 saturated carbocycles. The maximum absolute atomic E-state index is 2.24. The fourth-order valence-electron chi connectivity index (χ4n) is 2.77. The van der Waals surface area contributed by atoms with E-state index in [2.05, 4.69) is 60.7 Å². The summed E-state index contributed by atoms with van der Waals surface area (Å²) in [5, 5.41) is 5.25. The highest BCUT2D eigenvalue weighted by Crippen LogP contribution is 2.22. The van der Waals surface area contributed by atoms with Crippen LogP contribution in [0, 0.1) is 0 Å². The van der Waals surface area contributed by atoms with Crippen molar-refractivity contribution in [1.82, 2.24) is 0 Å². The molecule has 1 fully saturated rings. The summed E-state index contributed by atoms with van der Waals surface area (Å²) in [7, 11) is 0. The minimum absolute atomic E-state index is 1.31. The second kappa shape index (κ2) is 5.88. The van der Waals surface area contributed by atoms with E-state index in [1.165, 1.54) is 53.6 Å². The third kappa shape index (κ3) is 2.96. The number of rotatable bonds is 0. The van der Waals surface area contributed by atoms with Gasteiger partial charge in [0, 0.05) is 0 Å². The van der Waals surface area contributed by atoms with Crippen LogP contribution in [0.1, 0.15) is 32.1 Å². The molecule has 0 atom stereocenters. The van der Waals surface area contributed by atoms with Gasteiger partial charge in [-0.15, -0.1) is 0 Å². The average molecular weight is 248 g/mol. The van der Waals surface area contributed by atoms with Crippen molar-refractivity contribution in [2.24, 2.45) is 0 Å². The molecule has 0 heterocycles. The van der Waals surface area contributed by atoms with Gasteiger partial charge in [-0.3, -0.25) is 0 Å². The summed E-state index contributed by atoms with van der Waals surface area (Å²) in [4.78, 5) is 0. The third-order valence-electron chi connectivity index (χ3n) is 3.86. The zero-order valence-electron chi connectivity index (χ0n) is 11.3. The molecule has 19 heavy (non-hydrogen) atoms. The van der Waals surface area contributed by atoms with Crippen LogP contribution in [-0.2, 0) is 0 Å². The predicted octanol–water partition coefficient (Wildman–Crippen LogP) is 5.94. The maximum atomic E-state index is 2.24. The van der Waals surface area contributed by atoms with E-state index < -0.39 is 0 Å². The SMILES string of the molecule is C1CCCC1.c1ccc2cc3ccccc3cc2c1. The highest BCUT2D eigenvalue weighted by Gasteiger charge is 1.96. The average Bonchev–Trinajstić information content (AvgIpc) is 3.04. The lowest BCUT2D eigenvalue weighted by Gasteiger charge is -2.00. The summed E-state index contributed by atoms with van der Waals surface area (Å²) in [6.45, 7) is 0. The first-order chi connectivity index (χ1) is 9.43. The molecule has 0 bridgehead atoms. The van der Waals surface area contributed by atoms with Gasteiger partial charge in [-0.05, 0) is 33.7 Å². The van der Waals surface area contributed by atoms with E-state index in [4.69, 9.17) is 0 Å². The lowest BCUT2D eigenvalue weighted by atomic mass is 10.0. The molecule has 0 nitrogen and oxygen atoms in total. The second-order valence-corrected chi connectivity index (χ2v) is 5.31. The summed E-state index contributed by atoms with van der Waals surface area (Å²) < 4.78 is 0. The predicted molar refractivity (Wildman–Crippen MR) is 84.5 cm³/mol. The molecule has 0 N–H and O–H groups in total. The van der Waals surface area contributed by atoms with E-state index in [9.17, 15) is 0 Å². The van der Waals surface area contributed by atoms with E-state index >= 15 is 0 Å². The number of benzene rings is 3. The van der Waals surface area contributed by atoms with Crippen LogP contribution in [-0.4, -0.2) is 0 Å². The van der Waals surface area contributed by atoms with Crippen LogP contribution in [0.2, 0.25) is 0 Å². The van der Waals surface area contributed by atoms with Crippen LogP contribution in [0.4, 0.5) is 0 Å². The minimum atomic E-state index is 1.31. The van der Waals surface area contributed by atoms with Crippen LogP contribution in [0.25, 0.3) is 21.5 Å². The van der Waals surface area contributed by atoms with Crippen molar-refractivity contribution in [3.8, 4) is 0 Å². The van der Waals surface area contributed by atoms with Crippen LogP contribution in [0.3, 0.4) is 0 Å². The van der Waals surface area contributed by atoms with Gasteiger partial charge in [0.15, 0.2) is 0 Å². The smallest absolute Gasteiger partial charge is 0.0178 e. The Hall–Kier alpha value is -1.82. The van der Waals surface area contributed by atoms with E-state index in [1.807, 2.05) is 0 Å². The summed E-state index contributed by atoms with van der Waals surface area (Å²) >= 11 is 0. The highest BCUT2D eigenvalue weighted by molar-refractivity contribution is 5.98. The zero-order chi connectivity index (χ0) is 12.9. The molecule has 1 aliphatic carbocycles. The molecular weight excluding hydrogens is 228 g/mol. The van der Waals surface area contributed by atoms with Crippen molar-refractivity contribution in [3.63, 3.8) is 0 Å². The number of fused-ring (bicyclic) bond motifs is 2. The monoisotopic (exact) mass is 248 g/mol. The normalized spacial score (nSPS) is 14.3. The van der Waals surface area contributed by atoms with Gasteiger partial charge in [-0.2, -0.15) is 0 Å². The molecule has 96 valence electrons. The van der Waals surface area contributed by atoms with Crippen LogP contribution >= 0.6 is 0 Å². The van der Waals surface area contributed by atoms with Gasteiger partial charge in [0.2, 0.25) is 0 Å². The summed E-state index contributed by atoms with van der Waals surface area (Å²) in [5.74, 6) is 0. The Bertz CT molecular complexity index is 550. The molecule has 0 spiro atoms. The molecule has 4 rings (SSSR count). The molecule has 0 radical (unpaired) electrons. The van der Waals surface area contributed by atoms with Crippen molar-refractivity contribution >= 4 is 21.5 Å². The van der Waals surface area contributed by atoms with E-state index in [1.54, 1.807) is 0 Å². The highest BCUT2D eigenvalue weighted by atomic mass is 14.0. The van der Waals surface area contributed by atoms with Crippen molar-refractivity contribution in [1.29, 1.82) is 0 Å². The minimum Gasteiger partial charge on any atom is -0.0616 e. The molecule has 0 saturated heterocycles. The third-order valence-corrected chi connectivity index (χ3v) is 3.86. The first-order valence-electron chi connectivity index (χ1n) is 7.31. The molecule has 0 heteroatoms. The summed E-state index contributed by atoms with van der Waals surface area (Å²) in [6.07, 6.45) is 7.50. The van der Waals surface area contributed by atoms with Crippen LogP contribution in [0.5, 0.6) is 0 Å². The summed E-state index contributed by atoms with van der Waals surface area (Å²) in [5.41, 5.74) is 0. The zero-order valence-corrected chi connectivity index (χ0v) is 11.3. The van der Waals surface area contributed by atoms with E-state index in [-0.39, 0.29) is 0 Å². The molecular formula is C19H20. The van der Waals surface area contributed by atoms with E-state index in [0.29, 0.717) is 0 Å². The van der Waals surface area contributed by atoms with Crippen LogP contribution < -0.4 is 0 Å². The van der Waals surface area contributed by atoms with Gasteiger partial charge in [0.1, 0.15) is 0 Å². The lowest BCUT2D eigenvalue weighted by molar-refractivity contribution is 0.886. The standard InChI is InChI=1S/C14H10.C5H10/c1-2-6-12-10-14-8-4-3-7-13(14)9-11(12)5-1;1-2-4-5-3-1/h1-10H;1-5H2. The molecule has 3 aromatic carbocycles. The largest absolute Gasteiger partial charge is 0.0616 e. The Balaban J connectivity index is 0.000000187. The van der Waals surface area contributed by atoms with Crippen LogP contribution in [0.15, 0.2) is 60.7 Å². The van der Waals surface area contributed by atoms with Gasteiger partial charge >= 0.3 is 0 Å². The number of hydrogen-bond donors (Lipinski definition) is 0. The molecule has 0 aromatic heterocycles. The topological polar surface area (TPSA) is 0 Å². The Morgan fingerprint density at radius 2 is 0.684 bits per heavy atom. The molecule has 3 aromatic rings. The van der Waals surface area contributed by atoms with Gasteiger partial charge in [0.25, 0.3) is 0 Å². The Kier molecular flexibility index (Phi) is 3.78. The lowest BCUT2D eigenvalue weighted by Crippen LogP contribution is -1.74. The first-order valence-corrected chi connectivity index (χ1v) is 7.31. The van der Waals surface area contributed by atoms with Gasteiger partial charge < -0.3 is 0 Å².